The van der Waals surface area contributed by atoms with E-state index in [1.54, 1.807) is 48.5 Å². The molecule has 1 amide bonds. The molecule has 0 bridgehead atoms. The first-order valence-corrected chi connectivity index (χ1v) is 10.3. The van der Waals surface area contributed by atoms with Crippen LogP contribution in [0.2, 0.25) is 15.1 Å². The smallest absolute Gasteiger partial charge is 0.266 e. The first kappa shape index (κ1) is 23.2. The van der Waals surface area contributed by atoms with Crippen molar-refractivity contribution in [2.45, 2.75) is 6.61 Å². The monoisotopic (exact) mass is 481 g/mol. The zero-order valence-corrected chi connectivity index (χ0v) is 18.7. The molecule has 1 N–H and O–H groups in total. The molecule has 0 spiro atoms. The van der Waals surface area contributed by atoms with Crippen molar-refractivity contribution >= 4 is 52.5 Å². The number of anilines is 1. The van der Waals surface area contributed by atoms with Gasteiger partial charge in [0.25, 0.3) is 5.91 Å². The van der Waals surface area contributed by atoms with Gasteiger partial charge in [0.05, 0.1) is 32.4 Å². The summed E-state index contributed by atoms with van der Waals surface area (Å²) < 4.78 is 5.73. The van der Waals surface area contributed by atoms with Gasteiger partial charge >= 0.3 is 0 Å². The predicted octanol–water partition coefficient (Wildman–Crippen LogP) is 6.64. The quantitative estimate of drug-likeness (QED) is 0.315. The van der Waals surface area contributed by atoms with Crippen LogP contribution in [0.15, 0.2) is 66.2 Å². The molecule has 0 saturated heterocycles. The molecular formula is C24H14Cl3N3O2. The standard InChI is InChI=1S/C24H14Cl3N3O2/c25-19-7-3-4-8-22(19)30-24(31)18(13-29)9-15-10-20(26)23(21(27)11-15)32-14-17-6-2-1-5-16(17)12-28/h1-11H,14H2,(H,30,31)/b18-9+. The lowest BCUT2D eigenvalue weighted by atomic mass is 10.1. The summed E-state index contributed by atoms with van der Waals surface area (Å²) in [6, 6.07) is 20.7. The molecule has 0 unspecified atom stereocenters. The van der Waals surface area contributed by atoms with E-state index in [-0.39, 0.29) is 28.0 Å². The molecule has 0 atom stereocenters. The molecule has 0 aliphatic rings. The Bertz CT molecular complexity index is 1270. The van der Waals surface area contributed by atoms with Gasteiger partial charge in [-0.1, -0.05) is 65.1 Å². The van der Waals surface area contributed by atoms with E-state index >= 15 is 0 Å². The molecular weight excluding hydrogens is 469 g/mol. The van der Waals surface area contributed by atoms with Crippen LogP contribution in [0.25, 0.3) is 6.08 Å². The van der Waals surface area contributed by atoms with Crippen molar-refractivity contribution in [1.82, 2.24) is 0 Å². The summed E-state index contributed by atoms with van der Waals surface area (Å²) in [7, 11) is 0. The van der Waals surface area contributed by atoms with Crippen LogP contribution < -0.4 is 10.1 Å². The van der Waals surface area contributed by atoms with Gasteiger partial charge in [-0.2, -0.15) is 10.5 Å². The topological polar surface area (TPSA) is 85.9 Å². The number of rotatable bonds is 6. The number of benzene rings is 3. The van der Waals surface area contributed by atoms with Gasteiger partial charge < -0.3 is 10.1 Å². The normalized spacial score (nSPS) is 10.7. The Balaban J connectivity index is 1.80. The lowest BCUT2D eigenvalue weighted by molar-refractivity contribution is -0.112. The summed E-state index contributed by atoms with van der Waals surface area (Å²) in [4.78, 5) is 12.5. The van der Waals surface area contributed by atoms with Gasteiger partial charge in [0.15, 0.2) is 5.75 Å². The number of nitrogens with zero attached hydrogens (tertiary/aromatic N) is 2. The number of para-hydroxylation sites is 1. The summed E-state index contributed by atoms with van der Waals surface area (Å²) in [5, 5.41) is 22.0. The first-order valence-electron chi connectivity index (χ1n) is 9.20. The Labute approximate surface area is 200 Å². The van der Waals surface area contributed by atoms with Crippen molar-refractivity contribution in [3.8, 4) is 17.9 Å². The van der Waals surface area contributed by atoms with Crippen LogP contribution in [0.3, 0.4) is 0 Å². The summed E-state index contributed by atoms with van der Waals surface area (Å²) in [5.74, 6) is -0.390. The van der Waals surface area contributed by atoms with E-state index in [1.165, 1.54) is 18.2 Å². The first-order chi connectivity index (χ1) is 15.4. The minimum Gasteiger partial charge on any atom is -0.486 e. The number of hydrogen-bond donors (Lipinski definition) is 1. The second-order valence-corrected chi connectivity index (χ2v) is 7.70. The van der Waals surface area contributed by atoms with Gasteiger partial charge in [0, 0.05) is 5.56 Å². The lowest BCUT2D eigenvalue weighted by Gasteiger charge is -2.12. The highest BCUT2D eigenvalue weighted by Crippen LogP contribution is 2.35. The fraction of sp³-hybridized carbons (Fsp3) is 0.0417. The van der Waals surface area contributed by atoms with E-state index in [0.29, 0.717) is 27.4 Å². The summed E-state index contributed by atoms with van der Waals surface area (Å²) in [6.07, 6.45) is 1.36. The highest BCUT2D eigenvalue weighted by atomic mass is 35.5. The maximum atomic E-state index is 12.5. The molecule has 0 aromatic heterocycles. The zero-order valence-electron chi connectivity index (χ0n) is 16.4. The van der Waals surface area contributed by atoms with Gasteiger partial charge in [-0.05, 0) is 42.0 Å². The molecule has 3 aromatic rings. The Morgan fingerprint density at radius 1 is 0.969 bits per heavy atom. The van der Waals surface area contributed by atoms with Gasteiger partial charge in [-0.3, -0.25) is 4.79 Å². The minimum absolute atomic E-state index is 0.0993. The number of ether oxygens (including phenoxy) is 1. The van der Waals surface area contributed by atoms with Crippen molar-refractivity contribution in [1.29, 1.82) is 10.5 Å². The number of amides is 1. The zero-order chi connectivity index (χ0) is 23.1. The molecule has 0 fully saturated rings. The molecule has 3 rings (SSSR count). The highest BCUT2D eigenvalue weighted by Gasteiger charge is 2.14. The lowest BCUT2D eigenvalue weighted by Crippen LogP contribution is -2.13. The third-order valence-electron chi connectivity index (χ3n) is 4.33. The number of nitriles is 2. The van der Waals surface area contributed by atoms with E-state index in [4.69, 9.17) is 39.5 Å². The van der Waals surface area contributed by atoms with Gasteiger partial charge in [-0.25, -0.2) is 0 Å². The number of carbonyl (C=O) groups is 1. The van der Waals surface area contributed by atoms with E-state index in [1.807, 2.05) is 6.07 Å². The Morgan fingerprint density at radius 2 is 1.62 bits per heavy atom. The van der Waals surface area contributed by atoms with Crippen LogP contribution in [-0.2, 0) is 11.4 Å². The predicted molar refractivity (Wildman–Crippen MR) is 126 cm³/mol. The van der Waals surface area contributed by atoms with Crippen LogP contribution >= 0.6 is 34.8 Å². The second kappa shape index (κ2) is 10.7. The molecule has 0 aliphatic carbocycles. The molecule has 158 valence electrons. The summed E-state index contributed by atoms with van der Waals surface area (Å²) in [5.41, 5.74) is 1.85. The van der Waals surface area contributed by atoms with Crippen LogP contribution in [0.1, 0.15) is 16.7 Å². The molecule has 8 heteroatoms. The van der Waals surface area contributed by atoms with Crippen LogP contribution in [0.4, 0.5) is 5.69 Å². The Morgan fingerprint density at radius 3 is 2.28 bits per heavy atom. The third kappa shape index (κ3) is 5.60. The average Bonchev–Trinajstić information content (AvgIpc) is 2.78. The molecule has 3 aromatic carbocycles. The average molecular weight is 483 g/mol. The third-order valence-corrected chi connectivity index (χ3v) is 5.22. The van der Waals surface area contributed by atoms with E-state index in [0.717, 1.165) is 0 Å². The molecule has 5 nitrogen and oxygen atoms in total. The van der Waals surface area contributed by atoms with Crippen LogP contribution in [0.5, 0.6) is 5.75 Å². The van der Waals surface area contributed by atoms with Gasteiger partial charge in [-0.15, -0.1) is 0 Å². The molecule has 0 aliphatic heterocycles. The number of nitrogens with one attached hydrogen (secondary N) is 1. The maximum absolute atomic E-state index is 12.5. The van der Waals surface area contributed by atoms with Crippen LogP contribution in [0, 0.1) is 22.7 Å². The highest BCUT2D eigenvalue weighted by molar-refractivity contribution is 6.37. The van der Waals surface area contributed by atoms with Gasteiger partial charge in [0.1, 0.15) is 18.2 Å². The molecule has 0 radical (unpaired) electrons. The number of carbonyl (C=O) groups excluding carboxylic acids is 1. The van der Waals surface area contributed by atoms with Crippen molar-refractivity contribution < 1.29 is 9.53 Å². The molecule has 0 heterocycles. The van der Waals surface area contributed by atoms with E-state index in [2.05, 4.69) is 11.4 Å². The fourth-order valence-corrected chi connectivity index (χ4v) is 3.57. The van der Waals surface area contributed by atoms with E-state index < -0.39 is 5.91 Å². The molecule has 0 saturated carbocycles. The number of hydrogen-bond acceptors (Lipinski definition) is 4. The Hall–Kier alpha value is -3.48. The maximum Gasteiger partial charge on any atom is 0.266 e. The fourth-order valence-electron chi connectivity index (χ4n) is 2.77. The van der Waals surface area contributed by atoms with Crippen molar-refractivity contribution in [2.75, 3.05) is 5.32 Å². The van der Waals surface area contributed by atoms with Crippen molar-refractivity contribution in [3.05, 3.63) is 98.0 Å². The van der Waals surface area contributed by atoms with E-state index in [9.17, 15) is 15.3 Å². The van der Waals surface area contributed by atoms with Crippen molar-refractivity contribution in [3.63, 3.8) is 0 Å². The SMILES string of the molecule is N#C/C(=C\c1cc(Cl)c(OCc2ccccc2C#N)c(Cl)c1)C(=O)Nc1ccccc1Cl. The van der Waals surface area contributed by atoms with Crippen molar-refractivity contribution in [2.24, 2.45) is 0 Å². The number of halogens is 3. The largest absolute Gasteiger partial charge is 0.486 e. The van der Waals surface area contributed by atoms with Crippen LogP contribution in [-0.4, -0.2) is 5.91 Å². The summed E-state index contributed by atoms with van der Waals surface area (Å²) in [6.45, 7) is 0.0993. The minimum atomic E-state index is -0.624. The summed E-state index contributed by atoms with van der Waals surface area (Å²) >= 11 is 18.7. The molecule has 32 heavy (non-hydrogen) atoms. The Kier molecular flexibility index (Phi) is 7.76. The second-order valence-electron chi connectivity index (χ2n) is 6.48. The van der Waals surface area contributed by atoms with Gasteiger partial charge in [0.2, 0.25) is 0 Å².